The molecule has 1 aliphatic heterocycles. The Morgan fingerprint density at radius 1 is 1.05 bits per heavy atom. The van der Waals surface area contributed by atoms with Gasteiger partial charge in [-0.2, -0.15) is 0 Å². The van der Waals surface area contributed by atoms with E-state index in [1.165, 1.54) is 5.56 Å². The maximum absolute atomic E-state index is 12.0. The smallest absolute Gasteiger partial charge is 0.317 e. The summed E-state index contributed by atoms with van der Waals surface area (Å²) in [5, 5.41) is 2.94. The molecule has 0 aliphatic carbocycles. The molecule has 0 bridgehead atoms. The largest absolute Gasteiger partial charge is 0.339 e. The lowest BCUT2D eigenvalue weighted by Crippen LogP contribution is -2.53. The van der Waals surface area contributed by atoms with E-state index in [0.717, 1.165) is 6.42 Å². The average Bonchev–Trinajstić information content (AvgIpc) is 2.55. The highest BCUT2D eigenvalue weighted by atomic mass is 16.2. The normalized spacial score (nSPS) is 14.9. The van der Waals surface area contributed by atoms with Gasteiger partial charge in [-0.3, -0.25) is 4.79 Å². The highest BCUT2D eigenvalue weighted by Gasteiger charge is 2.22. The molecule has 1 aliphatic rings. The van der Waals surface area contributed by atoms with Gasteiger partial charge in [-0.15, -0.1) is 0 Å². The first-order chi connectivity index (χ1) is 10.2. The molecule has 1 aromatic rings. The average molecular weight is 289 g/mol. The lowest BCUT2D eigenvalue weighted by molar-refractivity contribution is -0.132. The number of nitrogens with one attached hydrogen (secondary N) is 1. The maximum atomic E-state index is 12.0. The van der Waals surface area contributed by atoms with Crippen molar-refractivity contribution in [3.8, 4) is 0 Å². The number of carbonyl (C=O) groups is 2. The van der Waals surface area contributed by atoms with Crippen molar-refractivity contribution in [3.63, 3.8) is 0 Å². The monoisotopic (exact) mass is 289 g/mol. The van der Waals surface area contributed by atoms with Crippen molar-refractivity contribution in [3.05, 3.63) is 35.9 Å². The number of piperazine rings is 1. The van der Waals surface area contributed by atoms with Crippen molar-refractivity contribution < 1.29 is 9.59 Å². The van der Waals surface area contributed by atoms with Gasteiger partial charge in [0.1, 0.15) is 0 Å². The third kappa shape index (κ3) is 4.48. The van der Waals surface area contributed by atoms with Crippen molar-refractivity contribution in [2.75, 3.05) is 32.7 Å². The summed E-state index contributed by atoms with van der Waals surface area (Å²) in [5.74, 6) is 0.166. The summed E-state index contributed by atoms with van der Waals surface area (Å²) in [6.45, 7) is 5.01. The number of nitrogens with zero attached hydrogens (tertiary/aromatic N) is 2. The van der Waals surface area contributed by atoms with Crippen molar-refractivity contribution >= 4 is 11.9 Å². The molecule has 0 saturated carbocycles. The molecule has 2 rings (SSSR count). The zero-order valence-corrected chi connectivity index (χ0v) is 12.5. The van der Waals surface area contributed by atoms with Gasteiger partial charge in [-0.05, 0) is 12.0 Å². The van der Waals surface area contributed by atoms with Gasteiger partial charge in [0.05, 0.1) is 0 Å². The summed E-state index contributed by atoms with van der Waals surface area (Å²) in [6.07, 6.45) is 1.37. The molecule has 0 spiro atoms. The number of urea groups is 1. The fraction of sp³-hybridized carbons (Fsp3) is 0.500. The van der Waals surface area contributed by atoms with E-state index in [1.54, 1.807) is 4.90 Å². The second-order valence-corrected chi connectivity index (χ2v) is 5.19. The first-order valence-corrected chi connectivity index (χ1v) is 7.55. The summed E-state index contributed by atoms with van der Waals surface area (Å²) in [7, 11) is 0. The molecule has 1 fully saturated rings. The van der Waals surface area contributed by atoms with Crippen LogP contribution in [0.5, 0.6) is 0 Å². The van der Waals surface area contributed by atoms with Crippen LogP contribution in [0.25, 0.3) is 0 Å². The topological polar surface area (TPSA) is 52.7 Å². The molecule has 1 saturated heterocycles. The fourth-order valence-electron chi connectivity index (χ4n) is 2.45. The van der Waals surface area contributed by atoms with Crippen LogP contribution < -0.4 is 5.32 Å². The molecule has 0 radical (unpaired) electrons. The van der Waals surface area contributed by atoms with Crippen molar-refractivity contribution in [2.45, 2.75) is 19.8 Å². The zero-order valence-electron chi connectivity index (χ0n) is 12.5. The Hall–Kier alpha value is -2.04. The van der Waals surface area contributed by atoms with Crippen LogP contribution in [0.2, 0.25) is 0 Å². The molecule has 114 valence electrons. The van der Waals surface area contributed by atoms with E-state index in [1.807, 2.05) is 30.0 Å². The molecule has 1 N–H and O–H groups in total. The molecule has 1 heterocycles. The van der Waals surface area contributed by atoms with E-state index in [4.69, 9.17) is 0 Å². The third-order valence-corrected chi connectivity index (χ3v) is 3.75. The maximum Gasteiger partial charge on any atom is 0.317 e. The van der Waals surface area contributed by atoms with Crippen LogP contribution >= 0.6 is 0 Å². The summed E-state index contributed by atoms with van der Waals surface area (Å²) in [4.78, 5) is 27.2. The molecule has 0 unspecified atom stereocenters. The van der Waals surface area contributed by atoms with Crippen LogP contribution in [0.4, 0.5) is 4.79 Å². The summed E-state index contributed by atoms with van der Waals surface area (Å²) in [6, 6.07) is 10.1. The quantitative estimate of drug-likeness (QED) is 0.913. The minimum Gasteiger partial charge on any atom is -0.339 e. The fourth-order valence-corrected chi connectivity index (χ4v) is 2.45. The van der Waals surface area contributed by atoms with Crippen LogP contribution in [0.1, 0.15) is 18.9 Å². The Labute approximate surface area is 125 Å². The van der Waals surface area contributed by atoms with E-state index < -0.39 is 0 Å². The molecule has 5 nitrogen and oxygen atoms in total. The summed E-state index contributed by atoms with van der Waals surface area (Å²) in [5.41, 5.74) is 1.22. The lowest BCUT2D eigenvalue weighted by Gasteiger charge is -2.34. The number of amides is 3. The van der Waals surface area contributed by atoms with Gasteiger partial charge in [0.15, 0.2) is 0 Å². The van der Waals surface area contributed by atoms with E-state index in [9.17, 15) is 9.59 Å². The Kier molecular flexibility index (Phi) is 5.60. The highest BCUT2D eigenvalue weighted by molar-refractivity contribution is 5.77. The second kappa shape index (κ2) is 7.67. The van der Waals surface area contributed by atoms with E-state index in [0.29, 0.717) is 39.1 Å². The number of hydrogen-bond donors (Lipinski definition) is 1. The first-order valence-electron chi connectivity index (χ1n) is 7.55. The molecule has 0 aromatic heterocycles. The van der Waals surface area contributed by atoms with Gasteiger partial charge in [-0.25, -0.2) is 4.79 Å². The van der Waals surface area contributed by atoms with E-state index >= 15 is 0 Å². The predicted octanol–water partition coefficient (Wildman–Crippen LogP) is 1.49. The standard InChI is InChI=1S/C16H23N3O2/c1-2-15(20)18-10-12-19(13-11-18)16(21)17-9-8-14-6-4-3-5-7-14/h3-7H,2,8-13H2,1H3,(H,17,21). The van der Waals surface area contributed by atoms with Gasteiger partial charge in [0.2, 0.25) is 5.91 Å². The van der Waals surface area contributed by atoms with Crippen LogP contribution in [-0.4, -0.2) is 54.5 Å². The van der Waals surface area contributed by atoms with Gasteiger partial charge < -0.3 is 15.1 Å². The number of rotatable bonds is 4. The van der Waals surface area contributed by atoms with Crippen LogP contribution in [0, 0.1) is 0 Å². The summed E-state index contributed by atoms with van der Waals surface area (Å²) < 4.78 is 0. The Morgan fingerprint density at radius 3 is 2.29 bits per heavy atom. The number of hydrogen-bond acceptors (Lipinski definition) is 2. The lowest BCUT2D eigenvalue weighted by atomic mass is 10.1. The van der Waals surface area contributed by atoms with Crippen molar-refractivity contribution in [1.29, 1.82) is 0 Å². The van der Waals surface area contributed by atoms with Crippen LogP contribution in [0.3, 0.4) is 0 Å². The van der Waals surface area contributed by atoms with Gasteiger partial charge in [0, 0.05) is 39.1 Å². The Balaban J connectivity index is 1.69. The molecule has 1 aromatic carbocycles. The SMILES string of the molecule is CCC(=O)N1CCN(C(=O)NCCc2ccccc2)CC1. The zero-order chi connectivity index (χ0) is 15.1. The molecule has 21 heavy (non-hydrogen) atoms. The Morgan fingerprint density at radius 2 is 1.67 bits per heavy atom. The molecular weight excluding hydrogens is 266 g/mol. The second-order valence-electron chi connectivity index (χ2n) is 5.19. The van der Waals surface area contributed by atoms with E-state index in [-0.39, 0.29) is 11.9 Å². The van der Waals surface area contributed by atoms with Crippen molar-refractivity contribution in [2.24, 2.45) is 0 Å². The number of carbonyl (C=O) groups excluding carboxylic acids is 2. The van der Waals surface area contributed by atoms with Gasteiger partial charge in [0.25, 0.3) is 0 Å². The van der Waals surface area contributed by atoms with Crippen LogP contribution in [-0.2, 0) is 11.2 Å². The predicted molar refractivity (Wildman–Crippen MR) is 82.0 cm³/mol. The highest BCUT2D eigenvalue weighted by Crippen LogP contribution is 2.04. The summed E-state index contributed by atoms with van der Waals surface area (Å²) >= 11 is 0. The molecular formula is C16H23N3O2. The minimum atomic E-state index is -0.0328. The molecule has 3 amide bonds. The van der Waals surface area contributed by atoms with Gasteiger partial charge >= 0.3 is 6.03 Å². The molecule has 5 heteroatoms. The third-order valence-electron chi connectivity index (χ3n) is 3.75. The number of benzene rings is 1. The van der Waals surface area contributed by atoms with Crippen molar-refractivity contribution in [1.82, 2.24) is 15.1 Å². The van der Waals surface area contributed by atoms with Crippen LogP contribution in [0.15, 0.2) is 30.3 Å². The molecule has 0 atom stereocenters. The minimum absolute atomic E-state index is 0.0328. The first kappa shape index (κ1) is 15.4. The van der Waals surface area contributed by atoms with E-state index in [2.05, 4.69) is 17.4 Å². The Bertz CT molecular complexity index is 468. The van der Waals surface area contributed by atoms with Gasteiger partial charge in [-0.1, -0.05) is 37.3 Å².